The van der Waals surface area contributed by atoms with Crippen molar-refractivity contribution in [2.75, 3.05) is 13.6 Å². The van der Waals surface area contributed by atoms with Gasteiger partial charge in [0.15, 0.2) is 5.15 Å². The lowest BCUT2D eigenvalue weighted by molar-refractivity contribution is -0.122. The van der Waals surface area contributed by atoms with Gasteiger partial charge in [-0.2, -0.15) is 5.10 Å². The molecule has 0 aliphatic heterocycles. The summed E-state index contributed by atoms with van der Waals surface area (Å²) in [6.45, 7) is 1.88. The number of carbonyl (C=O) groups excluding carboxylic acids is 1. The van der Waals surface area contributed by atoms with E-state index in [1.807, 2.05) is 6.07 Å². The van der Waals surface area contributed by atoms with E-state index in [9.17, 15) is 9.59 Å². The molecule has 2 aromatic rings. The Bertz CT molecular complexity index is 721. The Labute approximate surface area is 143 Å². The van der Waals surface area contributed by atoms with E-state index in [0.717, 1.165) is 10.5 Å². The van der Waals surface area contributed by atoms with Crippen molar-refractivity contribution < 1.29 is 14.7 Å². The Morgan fingerprint density at radius 1 is 1.50 bits per heavy atom. The summed E-state index contributed by atoms with van der Waals surface area (Å²) >= 11 is 6.13. The van der Waals surface area contributed by atoms with Gasteiger partial charge in [0.2, 0.25) is 5.91 Å². The van der Waals surface area contributed by atoms with Crippen LogP contribution in [0.2, 0.25) is 5.15 Å². The number of aromatic amines is 1. The summed E-state index contributed by atoms with van der Waals surface area (Å²) in [6.07, 6.45) is 3.81. The molecular weight excluding hydrogens is 334 g/mol. The zero-order valence-electron chi connectivity index (χ0n) is 13.3. The molecule has 2 rings (SSSR count). The summed E-state index contributed by atoms with van der Waals surface area (Å²) in [5, 5.41) is 18.6. The van der Waals surface area contributed by atoms with Crippen molar-refractivity contribution in [3.8, 4) is 0 Å². The molecule has 0 aromatic carbocycles. The maximum Gasteiger partial charge on any atom is 0.407 e. The summed E-state index contributed by atoms with van der Waals surface area (Å²) in [4.78, 5) is 28.3. The Morgan fingerprint density at radius 3 is 2.79 bits per heavy atom. The minimum absolute atomic E-state index is 0.0219. The van der Waals surface area contributed by atoms with Crippen molar-refractivity contribution in [3.63, 3.8) is 0 Å². The molecule has 0 saturated carbocycles. The summed E-state index contributed by atoms with van der Waals surface area (Å²) in [6, 6.07) is 3.58. The molecule has 2 aromatic heterocycles. The van der Waals surface area contributed by atoms with Crippen LogP contribution in [0.5, 0.6) is 0 Å². The average molecular weight is 352 g/mol. The minimum atomic E-state index is -1.09. The third-order valence-electron chi connectivity index (χ3n) is 3.76. The number of amides is 2. The summed E-state index contributed by atoms with van der Waals surface area (Å²) in [7, 11) is 1.41. The maximum absolute atomic E-state index is 12.3. The van der Waals surface area contributed by atoms with Crippen LogP contribution in [0.3, 0.4) is 0 Å². The SMILES string of the molecule is CN(CCC(=O)NC(C)(c1cccnc1)c1c[nH]nc1Cl)C(=O)O. The molecule has 3 N–H and O–H groups in total. The van der Waals surface area contributed by atoms with E-state index in [2.05, 4.69) is 20.5 Å². The number of halogens is 1. The summed E-state index contributed by atoms with van der Waals surface area (Å²) < 4.78 is 0. The van der Waals surface area contributed by atoms with Crippen LogP contribution in [-0.4, -0.2) is 50.8 Å². The lowest BCUT2D eigenvalue weighted by atomic mass is 9.87. The van der Waals surface area contributed by atoms with Gasteiger partial charge in [0.1, 0.15) is 0 Å². The molecule has 0 saturated heterocycles. The van der Waals surface area contributed by atoms with Gasteiger partial charge >= 0.3 is 6.09 Å². The first kappa shape index (κ1) is 17.7. The Kier molecular flexibility index (Phi) is 5.40. The van der Waals surface area contributed by atoms with E-state index in [1.165, 1.54) is 7.05 Å². The number of carbonyl (C=O) groups is 2. The van der Waals surface area contributed by atoms with Gasteiger partial charge in [-0.3, -0.25) is 14.9 Å². The number of carboxylic acid groups (broad SMARTS) is 1. The number of pyridine rings is 1. The number of hydrogen-bond donors (Lipinski definition) is 3. The van der Waals surface area contributed by atoms with E-state index < -0.39 is 11.6 Å². The van der Waals surface area contributed by atoms with Crippen LogP contribution in [0.15, 0.2) is 30.7 Å². The second kappa shape index (κ2) is 7.31. The predicted molar refractivity (Wildman–Crippen MR) is 87.7 cm³/mol. The molecule has 0 aliphatic carbocycles. The highest BCUT2D eigenvalue weighted by molar-refractivity contribution is 6.30. The highest BCUT2D eigenvalue weighted by atomic mass is 35.5. The fourth-order valence-electron chi connectivity index (χ4n) is 2.28. The highest BCUT2D eigenvalue weighted by Gasteiger charge is 2.34. The van der Waals surface area contributed by atoms with E-state index in [0.29, 0.717) is 5.56 Å². The van der Waals surface area contributed by atoms with Gasteiger partial charge in [-0.25, -0.2) is 4.79 Å². The van der Waals surface area contributed by atoms with Crippen LogP contribution in [0.25, 0.3) is 0 Å². The summed E-state index contributed by atoms with van der Waals surface area (Å²) in [5.74, 6) is -0.313. The van der Waals surface area contributed by atoms with Crippen molar-refractivity contribution in [1.82, 2.24) is 25.4 Å². The molecule has 1 unspecified atom stereocenters. The molecule has 2 amide bonds. The molecule has 9 heteroatoms. The fraction of sp³-hybridized carbons (Fsp3) is 0.333. The maximum atomic E-state index is 12.3. The lowest BCUT2D eigenvalue weighted by Crippen LogP contribution is -2.45. The van der Waals surface area contributed by atoms with Gasteiger partial charge in [0.05, 0.1) is 5.54 Å². The number of nitrogens with zero attached hydrogens (tertiary/aromatic N) is 3. The average Bonchev–Trinajstić information content (AvgIpc) is 3.00. The molecule has 0 spiro atoms. The molecule has 0 bridgehead atoms. The first-order chi connectivity index (χ1) is 11.3. The standard InChI is InChI=1S/C15H18ClN5O3/c1-15(10-4-3-6-17-8-10,11-9-18-20-13(11)16)19-12(22)5-7-21(2)14(23)24/h3-4,6,8-9H,5,7H2,1-2H3,(H,18,20)(H,19,22)(H,23,24). The first-order valence-corrected chi connectivity index (χ1v) is 7.57. The largest absolute Gasteiger partial charge is 0.465 e. The van der Waals surface area contributed by atoms with E-state index in [4.69, 9.17) is 16.7 Å². The third-order valence-corrected chi connectivity index (χ3v) is 4.05. The van der Waals surface area contributed by atoms with Crippen LogP contribution >= 0.6 is 11.6 Å². The van der Waals surface area contributed by atoms with Crippen LogP contribution < -0.4 is 5.32 Å². The van der Waals surface area contributed by atoms with Crippen molar-refractivity contribution in [1.29, 1.82) is 0 Å². The monoisotopic (exact) mass is 351 g/mol. The molecular formula is C15H18ClN5O3. The van der Waals surface area contributed by atoms with Crippen molar-refractivity contribution in [3.05, 3.63) is 47.0 Å². The number of hydrogen-bond acceptors (Lipinski definition) is 4. The van der Waals surface area contributed by atoms with Crippen LogP contribution in [0.4, 0.5) is 4.79 Å². The molecule has 128 valence electrons. The zero-order chi connectivity index (χ0) is 17.7. The molecule has 0 radical (unpaired) electrons. The lowest BCUT2D eigenvalue weighted by Gasteiger charge is -2.31. The molecule has 0 fully saturated rings. The van der Waals surface area contributed by atoms with Gasteiger partial charge in [0.25, 0.3) is 0 Å². The van der Waals surface area contributed by atoms with Gasteiger partial charge in [-0.1, -0.05) is 17.7 Å². The molecule has 8 nitrogen and oxygen atoms in total. The van der Waals surface area contributed by atoms with E-state index in [1.54, 1.807) is 31.6 Å². The quantitative estimate of drug-likeness (QED) is 0.735. The number of nitrogens with one attached hydrogen (secondary N) is 2. The fourth-order valence-corrected chi connectivity index (χ4v) is 2.58. The molecule has 0 aliphatic rings. The molecule has 2 heterocycles. The van der Waals surface area contributed by atoms with Crippen LogP contribution in [0, 0.1) is 0 Å². The molecule has 1 atom stereocenters. The normalized spacial score (nSPS) is 13.1. The number of aromatic nitrogens is 3. The van der Waals surface area contributed by atoms with Gasteiger partial charge < -0.3 is 15.3 Å². The van der Waals surface area contributed by atoms with Crippen LogP contribution in [0.1, 0.15) is 24.5 Å². The van der Waals surface area contributed by atoms with Gasteiger partial charge in [-0.15, -0.1) is 0 Å². The Balaban J connectivity index is 2.24. The van der Waals surface area contributed by atoms with E-state index >= 15 is 0 Å². The first-order valence-electron chi connectivity index (χ1n) is 7.20. The zero-order valence-corrected chi connectivity index (χ0v) is 14.0. The summed E-state index contributed by atoms with van der Waals surface area (Å²) in [5.41, 5.74) is 0.377. The molecule has 24 heavy (non-hydrogen) atoms. The van der Waals surface area contributed by atoms with Crippen molar-refractivity contribution in [2.45, 2.75) is 18.9 Å². The second-order valence-corrected chi connectivity index (χ2v) is 5.82. The minimum Gasteiger partial charge on any atom is -0.465 e. The predicted octanol–water partition coefficient (Wildman–Crippen LogP) is 1.84. The van der Waals surface area contributed by atoms with Crippen LogP contribution in [-0.2, 0) is 10.3 Å². The van der Waals surface area contributed by atoms with Gasteiger partial charge in [0, 0.05) is 49.7 Å². The highest BCUT2D eigenvalue weighted by Crippen LogP contribution is 2.32. The second-order valence-electron chi connectivity index (χ2n) is 5.46. The van der Waals surface area contributed by atoms with Crippen molar-refractivity contribution in [2.24, 2.45) is 0 Å². The topological polar surface area (TPSA) is 111 Å². The van der Waals surface area contributed by atoms with Crippen molar-refractivity contribution >= 4 is 23.6 Å². The number of rotatable bonds is 6. The number of H-pyrrole nitrogens is 1. The van der Waals surface area contributed by atoms with Gasteiger partial charge in [-0.05, 0) is 13.0 Å². The Morgan fingerprint density at radius 2 is 2.25 bits per heavy atom. The Hall–Kier alpha value is -2.61. The smallest absolute Gasteiger partial charge is 0.407 e. The van der Waals surface area contributed by atoms with E-state index in [-0.39, 0.29) is 24.0 Å². The third kappa shape index (κ3) is 3.83.